The first-order chi connectivity index (χ1) is 35.5. The highest BCUT2D eigenvalue weighted by atomic mass is 15.2. The first-order valence-electron chi connectivity index (χ1n) is 27.9. The van der Waals surface area contributed by atoms with Gasteiger partial charge in [0.1, 0.15) is 0 Å². The Balaban J connectivity index is 1.18. The standard InChI is InChI=1S/C69H21N3/c1-70-4-64-53-34-24-15-11-10-12-16-23(15)35(34)54-41-26(16)27-18(12)30-29-17(10)21-13(11)14-19(24)25-20-22(14)37-38(21)57-46(29)52-47(30)58-42(27)49-48(41)59(65(54,64)5-70)50-43-33-32-31(39(36(25)53)55(43)64)28(20)40-44(32)61-62-45(33)51(50)60(49)67(58)7-72(3)9-69(62,67)63(52)68(61)8-71(2)6-66(57,68)56(37)40/h4-9H2,1-3H3. The molecule has 21 aromatic carbocycles. The Kier molecular flexibility index (Phi) is 2.28. The molecular formula is C69H21N3. The lowest BCUT2D eigenvalue weighted by Crippen LogP contribution is -2.59. The molecule has 6 unspecified atom stereocenters. The average Bonchev–Trinajstić information content (AvgIpc) is 3.57. The molecule has 0 N–H and O–H groups in total. The summed E-state index contributed by atoms with van der Waals surface area (Å²) in [6, 6.07) is 0. The van der Waals surface area contributed by atoms with Gasteiger partial charge in [-0.2, -0.15) is 0 Å². The van der Waals surface area contributed by atoms with E-state index in [4.69, 9.17) is 0 Å². The molecule has 3 heterocycles. The number of likely N-dealkylation sites (N-methyl/N-ethyl adjacent to an activating group) is 3. The molecule has 0 amide bonds. The van der Waals surface area contributed by atoms with Gasteiger partial charge in [-0.25, -0.2) is 0 Å². The van der Waals surface area contributed by atoms with Gasteiger partial charge in [-0.3, -0.25) is 0 Å². The van der Waals surface area contributed by atoms with Crippen LogP contribution in [0.4, 0.5) is 0 Å². The minimum Gasteiger partial charge on any atom is -0.304 e. The summed E-state index contributed by atoms with van der Waals surface area (Å²) in [5, 5.41) is 75.3. The summed E-state index contributed by atoms with van der Waals surface area (Å²) in [5.41, 5.74) is 19.8. The molecule has 6 spiro atoms. The van der Waals surface area contributed by atoms with Crippen LogP contribution in [0, 0.1) is 0 Å². The van der Waals surface area contributed by atoms with E-state index in [-0.39, 0.29) is 32.5 Å². The number of hydrogen-bond acceptors (Lipinski definition) is 3. The van der Waals surface area contributed by atoms with Crippen molar-refractivity contribution in [3.05, 3.63) is 60.9 Å². The van der Waals surface area contributed by atoms with E-state index in [2.05, 4.69) is 35.8 Å². The molecule has 21 aromatic rings. The van der Waals surface area contributed by atoms with Gasteiger partial charge in [-0.15, -0.1) is 0 Å². The normalized spacial score (nSPS) is 34.1. The lowest BCUT2D eigenvalue weighted by molar-refractivity contribution is 0.377. The number of hydrogen-bond donors (Lipinski definition) is 0. The summed E-state index contributed by atoms with van der Waals surface area (Å²) in [6.07, 6.45) is 0. The van der Waals surface area contributed by atoms with E-state index < -0.39 is 0 Å². The summed E-state index contributed by atoms with van der Waals surface area (Å²) < 4.78 is 0. The van der Waals surface area contributed by atoms with E-state index in [1.165, 1.54) is 0 Å². The van der Waals surface area contributed by atoms with Crippen molar-refractivity contribution in [1.29, 1.82) is 0 Å². The third kappa shape index (κ3) is 1.35. The quantitative estimate of drug-likeness (QED) is 0.140. The number of nitrogens with zero attached hydrogens (tertiary/aromatic N) is 3. The van der Waals surface area contributed by atoms with E-state index in [0.717, 1.165) is 39.3 Å². The predicted octanol–water partition coefficient (Wildman–Crippen LogP) is 12.4. The summed E-state index contributed by atoms with van der Waals surface area (Å²) in [7, 11) is 7.74. The van der Waals surface area contributed by atoms with E-state index in [1.807, 2.05) is 66.4 Å². The van der Waals surface area contributed by atoms with Crippen molar-refractivity contribution in [1.82, 2.24) is 14.7 Å². The molecule has 14 aliphatic rings. The fourth-order valence-electron chi connectivity index (χ4n) is 30.1. The molecule has 0 radical (unpaired) electrons. The van der Waals surface area contributed by atoms with Crippen molar-refractivity contribution in [3.8, 4) is 0 Å². The molecule has 0 saturated carbocycles. The van der Waals surface area contributed by atoms with Gasteiger partial charge in [-0.05, 0) is 314 Å². The van der Waals surface area contributed by atoms with Crippen molar-refractivity contribution >= 4 is 232 Å². The first kappa shape index (κ1) is 27.6. The van der Waals surface area contributed by atoms with Crippen LogP contribution in [0.15, 0.2) is 0 Å². The summed E-state index contributed by atoms with van der Waals surface area (Å²) >= 11 is 0. The maximum absolute atomic E-state index is 2.94. The monoisotopic (exact) mass is 891 g/mol. The van der Waals surface area contributed by atoms with E-state index in [0.29, 0.717) is 0 Å². The molecule has 35 rings (SSSR count). The molecule has 0 aromatic heterocycles. The Labute approximate surface area is 398 Å². The van der Waals surface area contributed by atoms with Gasteiger partial charge < -0.3 is 14.7 Å². The van der Waals surface area contributed by atoms with Gasteiger partial charge in [0.05, 0.1) is 21.7 Å². The number of rotatable bonds is 0. The summed E-state index contributed by atoms with van der Waals surface area (Å²) in [5.74, 6) is 0. The molecule has 6 atom stereocenters. The van der Waals surface area contributed by atoms with Crippen LogP contribution >= 0.6 is 0 Å². The van der Waals surface area contributed by atoms with Crippen molar-refractivity contribution in [2.75, 3.05) is 60.4 Å². The summed E-state index contributed by atoms with van der Waals surface area (Å²) in [4.78, 5) is 8.78. The second-order valence-electron chi connectivity index (χ2n) is 29.2. The van der Waals surface area contributed by atoms with Gasteiger partial charge in [-0.1, -0.05) is 0 Å². The number of likely N-dealkylation sites (tertiary alicyclic amines) is 3. The molecule has 72 heavy (non-hydrogen) atoms. The lowest BCUT2D eigenvalue weighted by Gasteiger charge is -2.55. The Morgan fingerprint density at radius 1 is 0.181 bits per heavy atom. The van der Waals surface area contributed by atoms with E-state index in [1.54, 1.807) is 226 Å². The third-order valence-electron chi connectivity index (χ3n) is 29.1. The maximum Gasteiger partial charge on any atom is 0.0505 e. The number of benzene rings is 14. The van der Waals surface area contributed by atoms with Crippen LogP contribution < -0.4 is 5.22 Å². The van der Waals surface area contributed by atoms with Crippen molar-refractivity contribution in [2.45, 2.75) is 32.5 Å². The highest BCUT2D eigenvalue weighted by molar-refractivity contribution is 6.74. The zero-order valence-electron chi connectivity index (χ0n) is 38.6. The van der Waals surface area contributed by atoms with Crippen LogP contribution in [0.3, 0.4) is 0 Å². The highest BCUT2D eigenvalue weighted by Gasteiger charge is 2.84. The Bertz CT molecular complexity index is 7170. The van der Waals surface area contributed by atoms with Crippen LogP contribution in [0.1, 0.15) is 55.6 Å². The average molecular weight is 892 g/mol. The van der Waals surface area contributed by atoms with E-state index >= 15 is 0 Å². The van der Waals surface area contributed by atoms with Crippen LogP contribution in [-0.2, 0) is 32.5 Å². The fourth-order valence-corrected chi connectivity index (χ4v) is 30.1. The molecule has 3 saturated heterocycles. The maximum atomic E-state index is 2.94. The van der Waals surface area contributed by atoms with Gasteiger partial charge in [0.2, 0.25) is 0 Å². The zero-order chi connectivity index (χ0) is 43.2. The van der Waals surface area contributed by atoms with Gasteiger partial charge in [0, 0.05) is 50.1 Å². The molecule has 312 valence electrons. The molecular weight excluding hydrogens is 871 g/mol. The highest BCUT2D eigenvalue weighted by Crippen LogP contribution is 2.90. The minimum atomic E-state index is -0.124. The molecule has 0 bridgehead atoms. The van der Waals surface area contributed by atoms with Crippen LogP contribution in [0.2, 0.25) is 0 Å². The minimum absolute atomic E-state index is 0.115. The SMILES string of the molecule is CN1CC23C4=c5c6c7c8c9c(c%10c%11c%12c9c9c%13c%14c%15c%16c%17c%18c(c%11c%11c%10c2c2c%10c%19c%20c%21c%22c(c5c5c6c6c8c9c8c%14c9c%15c%14c%17c(c%19c%18c%10%11)c%21c%14c%10c%22c5c(c68)c9%10)C%205CN(C)CC425)C%162CN(C)CC%12%132)C73C1. The van der Waals surface area contributed by atoms with Crippen LogP contribution in [0.5, 0.6) is 0 Å². The second kappa shape index (κ2) is 5.95. The van der Waals surface area contributed by atoms with Crippen molar-refractivity contribution in [2.24, 2.45) is 0 Å². The Morgan fingerprint density at radius 3 is 0.597 bits per heavy atom. The molecule has 3 fully saturated rings. The van der Waals surface area contributed by atoms with Gasteiger partial charge >= 0.3 is 0 Å². The van der Waals surface area contributed by atoms with Crippen molar-refractivity contribution in [3.63, 3.8) is 0 Å². The molecule has 3 nitrogen and oxygen atoms in total. The molecule has 11 aliphatic carbocycles. The Morgan fingerprint density at radius 2 is 0.333 bits per heavy atom. The van der Waals surface area contributed by atoms with Crippen LogP contribution in [-0.4, -0.2) is 75.1 Å². The Hall–Kier alpha value is -7.14. The third-order valence-corrected chi connectivity index (χ3v) is 29.1. The predicted molar refractivity (Wildman–Crippen MR) is 293 cm³/mol. The molecule has 3 aliphatic heterocycles. The van der Waals surface area contributed by atoms with Gasteiger partial charge in [0.15, 0.2) is 0 Å². The molecule has 3 heteroatoms. The van der Waals surface area contributed by atoms with Gasteiger partial charge in [0.25, 0.3) is 0 Å². The smallest absolute Gasteiger partial charge is 0.0505 e. The lowest BCUT2D eigenvalue weighted by atomic mass is 9.45. The summed E-state index contributed by atoms with van der Waals surface area (Å²) in [6.45, 7) is 6.85. The first-order valence-corrected chi connectivity index (χ1v) is 27.9. The second-order valence-corrected chi connectivity index (χ2v) is 29.2. The largest absolute Gasteiger partial charge is 0.304 e. The zero-order valence-corrected chi connectivity index (χ0v) is 38.6. The fraction of sp³-hybridized carbons (Fsp3) is 0.217. The van der Waals surface area contributed by atoms with Crippen molar-refractivity contribution < 1.29 is 0 Å². The topological polar surface area (TPSA) is 9.72 Å². The van der Waals surface area contributed by atoms with E-state index in [9.17, 15) is 0 Å². The van der Waals surface area contributed by atoms with Crippen LogP contribution in [0.25, 0.3) is 232 Å².